The third kappa shape index (κ3) is 1.92. The third-order valence-electron chi connectivity index (χ3n) is 1.61. The minimum absolute atomic E-state index is 0.0987. The number of nitro groups is 1. The van der Waals surface area contributed by atoms with Crippen LogP contribution in [0.2, 0.25) is 5.02 Å². The Bertz CT molecular complexity index is 425. The molecule has 1 rings (SSSR count). The number of phenols is 1. The molecule has 0 saturated heterocycles. The van der Waals surface area contributed by atoms with E-state index in [-0.39, 0.29) is 28.4 Å². The fraction of sp³-hybridized carbons (Fsp3) is 0.125. The van der Waals surface area contributed by atoms with Gasteiger partial charge in [0.25, 0.3) is 5.69 Å². The molecule has 72 valence electrons. The molecular formula is C8H5ClN2O3. The van der Waals surface area contributed by atoms with E-state index in [1.807, 2.05) is 0 Å². The van der Waals surface area contributed by atoms with E-state index in [0.29, 0.717) is 0 Å². The monoisotopic (exact) mass is 212 g/mol. The van der Waals surface area contributed by atoms with Crippen LogP contribution in [-0.2, 0) is 6.42 Å². The van der Waals surface area contributed by atoms with Gasteiger partial charge in [0.1, 0.15) is 5.75 Å². The topological polar surface area (TPSA) is 87.2 Å². The van der Waals surface area contributed by atoms with Gasteiger partial charge in [0.2, 0.25) is 0 Å². The lowest BCUT2D eigenvalue weighted by molar-refractivity contribution is -0.385. The summed E-state index contributed by atoms with van der Waals surface area (Å²) in [5, 5.41) is 28.0. The number of hydrogen-bond acceptors (Lipinski definition) is 4. The van der Waals surface area contributed by atoms with Gasteiger partial charge in [0, 0.05) is 11.6 Å². The Morgan fingerprint density at radius 2 is 2.29 bits per heavy atom. The zero-order valence-corrected chi connectivity index (χ0v) is 7.65. The first kappa shape index (κ1) is 10.3. The number of benzene rings is 1. The summed E-state index contributed by atoms with van der Waals surface area (Å²) in [5.74, 6) is -0.262. The lowest BCUT2D eigenvalue weighted by atomic mass is 10.1. The Morgan fingerprint density at radius 1 is 1.64 bits per heavy atom. The molecule has 0 saturated carbocycles. The second-order valence-electron chi connectivity index (χ2n) is 2.52. The first-order valence-electron chi connectivity index (χ1n) is 3.59. The van der Waals surface area contributed by atoms with Gasteiger partial charge in [-0.25, -0.2) is 0 Å². The van der Waals surface area contributed by atoms with Crippen LogP contribution in [0.5, 0.6) is 5.75 Å². The van der Waals surface area contributed by atoms with Crippen molar-refractivity contribution < 1.29 is 10.0 Å². The fourth-order valence-electron chi connectivity index (χ4n) is 0.991. The normalized spacial score (nSPS) is 9.43. The van der Waals surface area contributed by atoms with E-state index >= 15 is 0 Å². The molecule has 0 unspecified atom stereocenters. The van der Waals surface area contributed by atoms with Gasteiger partial charge in [-0.15, -0.1) is 0 Å². The summed E-state index contributed by atoms with van der Waals surface area (Å²) in [4.78, 5) is 9.88. The van der Waals surface area contributed by atoms with Crippen LogP contribution in [0.15, 0.2) is 12.1 Å². The maximum absolute atomic E-state index is 10.5. The van der Waals surface area contributed by atoms with E-state index in [4.69, 9.17) is 22.0 Å². The average molecular weight is 213 g/mol. The number of nitriles is 1. The van der Waals surface area contributed by atoms with Crippen molar-refractivity contribution in [1.82, 2.24) is 0 Å². The lowest BCUT2D eigenvalue weighted by Gasteiger charge is -2.01. The molecule has 0 atom stereocenters. The number of phenolic OH excluding ortho intramolecular Hbond substituents is 1. The van der Waals surface area contributed by atoms with Gasteiger partial charge < -0.3 is 5.11 Å². The number of nitrogens with zero attached hydrogens (tertiary/aromatic N) is 2. The van der Waals surface area contributed by atoms with Gasteiger partial charge in [-0.2, -0.15) is 5.26 Å². The predicted octanol–water partition coefficient (Wildman–Crippen LogP) is 2.02. The number of nitro benzene ring substituents is 1. The molecule has 1 aromatic carbocycles. The zero-order valence-electron chi connectivity index (χ0n) is 6.90. The van der Waals surface area contributed by atoms with E-state index in [9.17, 15) is 10.1 Å². The highest BCUT2D eigenvalue weighted by Gasteiger charge is 2.16. The van der Waals surface area contributed by atoms with Gasteiger partial charge in [-0.05, 0) is 6.07 Å². The Balaban J connectivity index is 3.32. The molecular weight excluding hydrogens is 208 g/mol. The first-order chi connectivity index (χ1) is 6.56. The van der Waals surface area contributed by atoms with E-state index in [2.05, 4.69) is 0 Å². The van der Waals surface area contributed by atoms with Crippen molar-refractivity contribution >= 4 is 17.3 Å². The van der Waals surface area contributed by atoms with Crippen molar-refractivity contribution in [1.29, 1.82) is 5.26 Å². The molecule has 0 aliphatic carbocycles. The Kier molecular flexibility index (Phi) is 2.89. The summed E-state index contributed by atoms with van der Waals surface area (Å²) in [6.45, 7) is 0. The molecule has 5 nitrogen and oxygen atoms in total. The number of rotatable bonds is 2. The molecule has 0 aromatic heterocycles. The van der Waals surface area contributed by atoms with Gasteiger partial charge >= 0.3 is 0 Å². The predicted molar refractivity (Wildman–Crippen MR) is 49.1 cm³/mol. The molecule has 14 heavy (non-hydrogen) atoms. The highest BCUT2D eigenvalue weighted by atomic mass is 35.5. The van der Waals surface area contributed by atoms with Crippen molar-refractivity contribution in [3.63, 3.8) is 0 Å². The van der Waals surface area contributed by atoms with E-state index in [1.165, 1.54) is 0 Å². The van der Waals surface area contributed by atoms with Crippen molar-refractivity contribution in [2.75, 3.05) is 0 Å². The highest BCUT2D eigenvalue weighted by Crippen LogP contribution is 2.31. The van der Waals surface area contributed by atoms with Gasteiger partial charge in [0.15, 0.2) is 0 Å². The van der Waals surface area contributed by atoms with E-state index < -0.39 is 4.92 Å². The van der Waals surface area contributed by atoms with E-state index in [1.54, 1.807) is 6.07 Å². The summed E-state index contributed by atoms with van der Waals surface area (Å²) in [7, 11) is 0. The van der Waals surface area contributed by atoms with Gasteiger partial charge in [-0.1, -0.05) is 11.6 Å². The van der Waals surface area contributed by atoms with Crippen LogP contribution in [-0.4, -0.2) is 10.0 Å². The number of hydrogen-bond donors (Lipinski definition) is 1. The molecule has 6 heteroatoms. The Hall–Kier alpha value is -1.80. The second kappa shape index (κ2) is 3.94. The minimum Gasteiger partial charge on any atom is -0.506 e. The quantitative estimate of drug-likeness (QED) is 0.600. The summed E-state index contributed by atoms with van der Waals surface area (Å²) >= 11 is 5.49. The average Bonchev–Trinajstić information content (AvgIpc) is 2.11. The molecule has 0 radical (unpaired) electrons. The van der Waals surface area contributed by atoms with Crippen LogP contribution in [0.4, 0.5) is 5.69 Å². The summed E-state index contributed by atoms with van der Waals surface area (Å²) in [5.41, 5.74) is -0.103. The zero-order chi connectivity index (χ0) is 10.7. The Morgan fingerprint density at radius 3 is 2.79 bits per heavy atom. The van der Waals surface area contributed by atoms with Crippen molar-refractivity contribution in [3.8, 4) is 11.8 Å². The summed E-state index contributed by atoms with van der Waals surface area (Å²) in [6.07, 6.45) is -0.138. The van der Waals surface area contributed by atoms with E-state index in [0.717, 1.165) is 12.1 Å². The first-order valence-corrected chi connectivity index (χ1v) is 3.96. The maximum Gasteiger partial charge on any atom is 0.275 e. The maximum atomic E-state index is 10.5. The van der Waals surface area contributed by atoms with Crippen molar-refractivity contribution in [2.24, 2.45) is 0 Å². The molecule has 1 N–H and O–H groups in total. The smallest absolute Gasteiger partial charge is 0.275 e. The van der Waals surface area contributed by atoms with Crippen LogP contribution >= 0.6 is 11.6 Å². The summed E-state index contributed by atoms with van der Waals surface area (Å²) in [6, 6.07) is 3.93. The second-order valence-corrected chi connectivity index (χ2v) is 2.93. The van der Waals surface area contributed by atoms with Crippen LogP contribution in [0.1, 0.15) is 5.56 Å². The standard InChI is InChI=1S/C8H5ClN2O3/c9-6-4-7(11(13)14)5(1-2-10)3-8(6)12/h3-4,12H,1H2. The van der Waals surface area contributed by atoms with Crippen molar-refractivity contribution in [2.45, 2.75) is 6.42 Å². The molecule has 0 heterocycles. The molecule has 0 fully saturated rings. The molecule has 0 amide bonds. The Labute approximate surface area is 84.3 Å². The summed E-state index contributed by atoms with van der Waals surface area (Å²) < 4.78 is 0. The molecule has 1 aromatic rings. The number of halogens is 1. The van der Waals surface area contributed by atoms with Crippen LogP contribution in [0.3, 0.4) is 0 Å². The minimum atomic E-state index is -0.641. The SMILES string of the molecule is N#CCc1cc(O)c(Cl)cc1[N+](=O)[O-]. The lowest BCUT2D eigenvalue weighted by Crippen LogP contribution is -1.94. The highest BCUT2D eigenvalue weighted by molar-refractivity contribution is 6.32. The molecule has 0 spiro atoms. The third-order valence-corrected chi connectivity index (χ3v) is 1.92. The van der Waals surface area contributed by atoms with Gasteiger partial charge in [-0.3, -0.25) is 10.1 Å². The largest absolute Gasteiger partial charge is 0.506 e. The van der Waals surface area contributed by atoms with Crippen LogP contribution in [0.25, 0.3) is 0 Å². The molecule has 0 aliphatic heterocycles. The van der Waals surface area contributed by atoms with Crippen LogP contribution in [0, 0.1) is 21.4 Å². The molecule has 0 bridgehead atoms. The number of aromatic hydroxyl groups is 1. The van der Waals surface area contributed by atoms with Crippen LogP contribution < -0.4 is 0 Å². The fourth-order valence-corrected chi connectivity index (χ4v) is 1.15. The van der Waals surface area contributed by atoms with Crippen molar-refractivity contribution in [3.05, 3.63) is 32.8 Å². The molecule has 0 aliphatic rings. The van der Waals surface area contributed by atoms with Gasteiger partial charge in [0.05, 0.1) is 22.4 Å².